The Hall–Kier alpha value is -0.620. The van der Waals surface area contributed by atoms with Crippen LogP contribution in [-0.4, -0.2) is 11.9 Å². The molecule has 0 unspecified atom stereocenters. The summed E-state index contributed by atoms with van der Waals surface area (Å²) in [4.78, 5) is 21.6. The second-order valence-corrected chi connectivity index (χ2v) is 3.04. The third-order valence-electron chi connectivity index (χ3n) is 1.46. The lowest BCUT2D eigenvalue weighted by molar-refractivity contribution is -0.132. The van der Waals surface area contributed by atoms with Gasteiger partial charge in [-0.25, -0.2) is 4.79 Å². The Morgan fingerprint density at radius 2 is 1.64 bits per heavy atom. The van der Waals surface area contributed by atoms with E-state index in [1.54, 1.807) is 0 Å². The summed E-state index contributed by atoms with van der Waals surface area (Å²) in [7, 11) is 0. The molecule has 0 radical (unpaired) electrons. The molecule has 0 atom stereocenters. The maximum absolute atomic E-state index is 10.9. The van der Waals surface area contributed by atoms with Crippen molar-refractivity contribution in [2.45, 2.75) is 12.8 Å². The van der Waals surface area contributed by atoms with Gasteiger partial charge in [0.15, 0.2) is 32.5 Å². The first kappa shape index (κ1) is 13.4. The number of hydrogen-bond acceptors (Lipinski definition) is 4. The predicted octanol–water partition coefficient (Wildman–Crippen LogP) is 2.59. The Morgan fingerprint density at radius 1 is 1.07 bits per heavy atom. The second-order valence-electron chi connectivity index (χ2n) is 2.40. The van der Waals surface area contributed by atoms with Gasteiger partial charge in [0.25, 0.3) is 0 Å². The van der Waals surface area contributed by atoms with Crippen LogP contribution < -0.4 is 0 Å². The molecule has 0 saturated heterocycles. The zero-order valence-corrected chi connectivity index (χ0v) is 10.4. The topological polar surface area (TPSA) is 52.6 Å². The van der Waals surface area contributed by atoms with E-state index in [2.05, 4.69) is 53.3 Å². The molecule has 0 aromatic carbocycles. The Bertz CT molecular complexity index is 273. The van der Waals surface area contributed by atoms with Crippen LogP contribution in [0.4, 0.5) is 0 Å². The van der Waals surface area contributed by atoms with Crippen LogP contribution in [0.5, 0.6) is 0 Å². The molecule has 0 spiro atoms. The Labute approximate surface area is 98.8 Å². The summed E-state index contributed by atoms with van der Waals surface area (Å²) in [5, 5.41) is 0. The van der Waals surface area contributed by atoms with Gasteiger partial charge in [0.2, 0.25) is 0 Å². The lowest BCUT2D eigenvalue weighted by Gasteiger charge is -2.04. The standard InChI is InChI=1S/C8H8Br2O4/c1-5(3-4-7(11)13-9)6(2)8(12)14-10/h1-4H2. The van der Waals surface area contributed by atoms with Crippen molar-refractivity contribution < 1.29 is 17.2 Å². The predicted molar refractivity (Wildman–Crippen MR) is 57.6 cm³/mol. The summed E-state index contributed by atoms with van der Waals surface area (Å²) in [6, 6.07) is 0. The zero-order valence-electron chi connectivity index (χ0n) is 7.22. The molecule has 0 fully saturated rings. The molecule has 0 heterocycles. The molecule has 14 heavy (non-hydrogen) atoms. The molecule has 0 aliphatic rings. The quantitative estimate of drug-likeness (QED) is 0.575. The highest BCUT2D eigenvalue weighted by molar-refractivity contribution is 9.06. The minimum Gasteiger partial charge on any atom is -0.384 e. The second kappa shape index (κ2) is 6.78. The largest absolute Gasteiger partial charge is 0.384 e. The SMILES string of the molecule is C=C(CCC(=O)OBr)C(=C)C(=O)OBr. The molecule has 78 valence electrons. The molecular weight excluding hydrogens is 320 g/mol. The van der Waals surface area contributed by atoms with E-state index in [-0.39, 0.29) is 12.0 Å². The molecule has 0 amide bonds. The summed E-state index contributed by atoms with van der Waals surface area (Å²) in [5.41, 5.74) is 0.566. The van der Waals surface area contributed by atoms with Crippen molar-refractivity contribution >= 4 is 44.5 Å². The average Bonchev–Trinajstić information content (AvgIpc) is 2.22. The van der Waals surface area contributed by atoms with E-state index >= 15 is 0 Å². The number of rotatable bonds is 5. The molecule has 0 N–H and O–H groups in total. The third-order valence-corrected chi connectivity index (χ3v) is 2.12. The molecule has 0 aromatic rings. The molecule has 0 aliphatic heterocycles. The third kappa shape index (κ3) is 4.57. The Kier molecular flexibility index (Phi) is 6.48. The van der Waals surface area contributed by atoms with Gasteiger partial charge < -0.3 is 7.66 Å². The molecule has 6 heteroatoms. The van der Waals surface area contributed by atoms with Crippen LogP contribution in [0.25, 0.3) is 0 Å². The fraction of sp³-hybridized carbons (Fsp3) is 0.250. The first-order chi connectivity index (χ1) is 6.52. The van der Waals surface area contributed by atoms with Gasteiger partial charge in [-0.2, -0.15) is 0 Å². The van der Waals surface area contributed by atoms with Gasteiger partial charge >= 0.3 is 11.9 Å². The van der Waals surface area contributed by atoms with Crippen LogP contribution in [0, 0.1) is 0 Å². The number of carbonyl (C=O) groups excluding carboxylic acids is 2. The lowest BCUT2D eigenvalue weighted by atomic mass is 10.1. The monoisotopic (exact) mass is 326 g/mol. The summed E-state index contributed by atoms with van der Waals surface area (Å²) < 4.78 is 8.50. The number of halogens is 2. The van der Waals surface area contributed by atoms with Crippen molar-refractivity contribution in [1.29, 1.82) is 0 Å². The first-order valence-corrected chi connectivity index (χ1v) is 4.83. The van der Waals surface area contributed by atoms with E-state index in [9.17, 15) is 9.59 Å². The van der Waals surface area contributed by atoms with Crippen LogP contribution in [-0.2, 0) is 17.2 Å². The molecular formula is C8H8Br2O4. The minimum atomic E-state index is -0.623. The van der Waals surface area contributed by atoms with Crippen molar-refractivity contribution in [1.82, 2.24) is 0 Å². The molecule has 0 aliphatic carbocycles. The van der Waals surface area contributed by atoms with Gasteiger partial charge in [-0.1, -0.05) is 13.2 Å². The van der Waals surface area contributed by atoms with Crippen LogP contribution in [0.3, 0.4) is 0 Å². The smallest absolute Gasteiger partial charge is 0.349 e. The first-order valence-electron chi connectivity index (χ1n) is 3.54. The van der Waals surface area contributed by atoms with Gasteiger partial charge in [-0.05, 0) is 12.0 Å². The fourth-order valence-electron chi connectivity index (χ4n) is 0.633. The van der Waals surface area contributed by atoms with Crippen molar-refractivity contribution in [2.75, 3.05) is 0 Å². The molecule has 0 saturated carbocycles. The van der Waals surface area contributed by atoms with Gasteiger partial charge in [-0.3, -0.25) is 4.79 Å². The highest BCUT2D eigenvalue weighted by atomic mass is 79.9. The van der Waals surface area contributed by atoms with Gasteiger partial charge in [-0.15, -0.1) is 0 Å². The van der Waals surface area contributed by atoms with E-state index in [0.29, 0.717) is 12.0 Å². The maximum Gasteiger partial charge on any atom is 0.349 e. The van der Waals surface area contributed by atoms with E-state index in [4.69, 9.17) is 0 Å². The molecule has 0 bridgehead atoms. The van der Waals surface area contributed by atoms with Crippen LogP contribution in [0.1, 0.15) is 12.8 Å². The van der Waals surface area contributed by atoms with E-state index in [1.165, 1.54) is 0 Å². The van der Waals surface area contributed by atoms with Crippen molar-refractivity contribution in [2.24, 2.45) is 0 Å². The van der Waals surface area contributed by atoms with Gasteiger partial charge in [0.1, 0.15) is 0 Å². The highest BCUT2D eigenvalue weighted by Crippen LogP contribution is 2.15. The van der Waals surface area contributed by atoms with Gasteiger partial charge in [0, 0.05) is 0 Å². The minimum absolute atomic E-state index is 0.124. The van der Waals surface area contributed by atoms with E-state index in [0.717, 1.165) is 0 Å². The molecule has 0 aromatic heterocycles. The normalized spacial score (nSPS) is 9.00. The highest BCUT2D eigenvalue weighted by Gasteiger charge is 2.12. The van der Waals surface area contributed by atoms with Crippen LogP contribution >= 0.6 is 32.5 Å². The van der Waals surface area contributed by atoms with Crippen molar-refractivity contribution in [3.05, 3.63) is 24.3 Å². The Balaban J connectivity index is 4.03. The van der Waals surface area contributed by atoms with Crippen molar-refractivity contribution in [3.8, 4) is 0 Å². The summed E-state index contributed by atoms with van der Waals surface area (Å²) >= 11 is 5.07. The maximum atomic E-state index is 10.9. The van der Waals surface area contributed by atoms with E-state index < -0.39 is 11.9 Å². The molecule has 4 nitrogen and oxygen atoms in total. The summed E-state index contributed by atoms with van der Waals surface area (Å²) in [6.07, 6.45) is 0.421. The zero-order chi connectivity index (χ0) is 11.1. The summed E-state index contributed by atoms with van der Waals surface area (Å²) in [5.74, 6) is -1.06. The average molecular weight is 328 g/mol. The number of hydrogen-bond donors (Lipinski definition) is 0. The van der Waals surface area contributed by atoms with Crippen LogP contribution in [0.15, 0.2) is 24.3 Å². The summed E-state index contributed by atoms with van der Waals surface area (Å²) in [6.45, 7) is 7.05. The Morgan fingerprint density at radius 3 is 2.07 bits per heavy atom. The van der Waals surface area contributed by atoms with Crippen LogP contribution in [0.2, 0.25) is 0 Å². The fourth-order valence-corrected chi connectivity index (χ4v) is 0.991. The lowest BCUT2D eigenvalue weighted by Crippen LogP contribution is -2.04. The van der Waals surface area contributed by atoms with Gasteiger partial charge in [0.05, 0.1) is 12.0 Å². The number of carbonyl (C=O) groups is 2. The molecule has 0 rings (SSSR count). The van der Waals surface area contributed by atoms with Crippen molar-refractivity contribution in [3.63, 3.8) is 0 Å². The van der Waals surface area contributed by atoms with E-state index in [1.807, 2.05) is 0 Å².